The zero-order valence-corrected chi connectivity index (χ0v) is 9.34. The molecule has 2 fully saturated rings. The molecule has 0 aromatic carbocycles. The van der Waals surface area contributed by atoms with E-state index in [0.717, 1.165) is 11.8 Å². The van der Waals surface area contributed by atoms with Gasteiger partial charge in [-0.25, -0.2) is 0 Å². The SMILES string of the molecule is CC(C)C1CC2(C(C)C)CCC1O2. The van der Waals surface area contributed by atoms with Crippen LogP contribution in [0.2, 0.25) is 0 Å². The van der Waals surface area contributed by atoms with Crippen LogP contribution in [-0.4, -0.2) is 11.7 Å². The monoisotopic (exact) mass is 182 g/mol. The number of hydrogen-bond donors (Lipinski definition) is 0. The Labute approximate surface area is 81.9 Å². The second kappa shape index (κ2) is 2.98. The Bertz CT molecular complexity index is 197. The molecular formula is C12H22O. The lowest BCUT2D eigenvalue weighted by Crippen LogP contribution is -2.33. The van der Waals surface area contributed by atoms with Crippen molar-refractivity contribution in [2.75, 3.05) is 0 Å². The van der Waals surface area contributed by atoms with Crippen LogP contribution >= 0.6 is 0 Å². The molecule has 2 rings (SSSR count). The molecule has 1 nitrogen and oxygen atoms in total. The van der Waals surface area contributed by atoms with Crippen molar-refractivity contribution in [1.29, 1.82) is 0 Å². The van der Waals surface area contributed by atoms with Crippen molar-refractivity contribution in [3.8, 4) is 0 Å². The summed E-state index contributed by atoms with van der Waals surface area (Å²) in [5, 5.41) is 0. The molecule has 0 spiro atoms. The molecule has 3 atom stereocenters. The Hall–Kier alpha value is -0.0400. The Morgan fingerprint density at radius 2 is 1.92 bits per heavy atom. The van der Waals surface area contributed by atoms with Crippen LogP contribution in [0.3, 0.4) is 0 Å². The van der Waals surface area contributed by atoms with Crippen LogP contribution < -0.4 is 0 Å². The van der Waals surface area contributed by atoms with Crippen LogP contribution in [0.1, 0.15) is 47.0 Å². The fourth-order valence-corrected chi connectivity index (χ4v) is 3.11. The summed E-state index contributed by atoms with van der Waals surface area (Å²) in [6.07, 6.45) is 4.51. The maximum absolute atomic E-state index is 6.20. The second-order valence-corrected chi connectivity index (χ2v) is 5.53. The standard InChI is InChI=1S/C12H22O/c1-8(2)10-7-12(9(3)4)6-5-11(10)13-12/h8-11H,5-7H2,1-4H3. The van der Waals surface area contributed by atoms with Crippen LogP contribution in [0.5, 0.6) is 0 Å². The van der Waals surface area contributed by atoms with E-state index in [1.807, 2.05) is 0 Å². The molecule has 3 unspecified atom stereocenters. The molecule has 13 heavy (non-hydrogen) atoms. The normalized spacial score (nSPS) is 43.8. The molecule has 2 saturated heterocycles. The van der Waals surface area contributed by atoms with E-state index >= 15 is 0 Å². The van der Waals surface area contributed by atoms with Crippen LogP contribution in [0, 0.1) is 17.8 Å². The fraction of sp³-hybridized carbons (Fsp3) is 1.00. The van der Waals surface area contributed by atoms with Gasteiger partial charge in [0, 0.05) is 0 Å². The minimum atomic E-state index is 0.263. The van der Waals surface area contributed by atoms with Crippen molar-refractivity contribution < 1.29 is 4.74 Å². The van der Waals surface area contributed by atoms with Gasteiger partial charge < -0.3 is 4.74 Å². The van der Waals surface area contributed by atoms with Crippen LogP contribution in [-0.2, 0) is 4.74 Å². The third kappa shape index (κ3) is 1.32. The van der Waals surface area contributed by atoms with Gasteiger partial charge in [0.1, 0.15) is 0 Å². The topological polar surface area (TPSA) is 9.23 Å². The lowest BCUT2D eigenvalue weighted by Gasteiger charge is -2.31. The van der Waals surface area contributed by atoms with Crippen molar-refractivity contribution in [3.63, 3.8) is 0 Å². The first-order valence-electron chi connectivity index (χ1n) is 5.73. The summed E-state index contributed by atoms with van der Waals surface area (Å²) in [4.78, 5) is 0. The molecule has 2 heterocycles. The Morgan fingerprint density at radius 3 is 2.31 bits per heavy atom. The van der Waals surface area contributed by atoms with Gasteiger partial charge in [0.15, 0.2) is 0 Å². The van der Waals surface area contributed by atoms with Crippen LogP contribution in [0.15, 0.2) is 0 Å². The van der Waals surface area contributed by atoms with E-state index in [2.05, 4.69) is 27.7 Å². The maximum Gasteiger partial charge on any atom is 0.0713 e. The predicted molar refractivity (Wildman–Crippen MR) is 54.6 cm³/mol. The van der Waals surface area contributed by atoms with Crippen molar-refractivity contribution in [1.82, 2.24) is 0 Å². The summed E-state index contributed by atoms with van der Waals surface area (Å²) < 4.78 is 6.20. The third-order valence-electron chi connectivity index (χ3n) is 4.21. The average Bonchev–Trinajstić information content (AvgIpc) is 2.60. The van der Waals surface area contributed by atoms with Gasteiger partial charge in [-0.05, 0) is 37.0 Å². The number of ether oxygens (including phenoxy) is 1. The van der Waals surface area contributed by atoms with E-state index in [1.165, 1.54) is 19.3 Å². The van der Waals surface area contributed by atoms with Gasteiger partial charge >= 0.3 is 0 Å². The molecule has 0 radical (unpaired) electrons. The summed E-state index contributed by atoms with van der Waals surface area (Å²) in [6.45, 7) is 9.29. The van der Waals surface area contributed by atoms with Crippen LogP contribution in [0.25, 0.3) is 0 Å². The smallest absolute Gasteiger partial charge is 0.0713 e. The van der Waals surface area contributed by atoms with Crippen molar-refractivity contribution in [2.24, 2.45) is 17.8 Å². The first-order valence-corrected chi connectivity index (χ1v) is 5.73. The molecular weight excluding hydrogens is 160 g/mol. The predicted octanol–water partition coefficient (Wildman–Crippen LogP) is 3.24. The van der Waals surface area contributed by atoms with E-state index in [-0.39, 0.29) is 5.60 Å². The second-order valence-electron chi connectivity index (χ2n) is 5.53. The van der Waals surface area contributed by atoms with Gasteiger partial charge in [-0.3, -0.25) is 0 Å². The highest BCUT2D eigenvalue weighted by Gasteiger charge is 2.53. The first kappa shape index (κ1) is 9.51. The highest BCUT2D eigenvalue weighted by Crippen LogP contribution is 2.52. The molecule has 0 aromatic rings. The Morgan fingerprint density at radius 1 is 1.23 bits per heavy atom. The molecule has 2 aliphatic rings. The third-order valence-corrected chi connectivity index (χ3v) is 4.21. The highest BCUT2D eigenvalue weighted by molar-refractivity contribution is 5.02. The van der Waals surface area contributed by atoms with Gasteiger partial charge in [0.25, 0.3) is 0 Å². The quantitative estimate of drug-likeness (QED) is 0.637. The molecule has 0 N–H and O–H groups in total. The molecule has 76 valence electrons. The van der Waals surface area contributed by atoms with Gasteiger partial charge in [0.2, 0.25) is 0 Å². The molecule has 1 heteroatoms. The zero-order chi connectivity index (χ0) is 9.64. The Kier molecular flexibility index (Phi) is 2.18. The molecule has 0 aliphatic carbocycles. The summed E-state index contributed by atoms with van der Waals surface area (Å²) in [5.74, 6) is 2.32. The lowest BCUT2D eigenvalue weighted by atomic mass is 9.72. The molecule has 0 amide bonds. The molecule has 0 saturated carbocycles. The fourth-order valence-electron chi connectivity index (χ4n) is 3.11. The van der Waals surface area contributed by atoms with Crippen LogP contribution in [0.4, 0.5) is 0 Å². The van der Waals surface area contributed by atoms with Gasteiger partial charge in [0.05, 0.1) is 11.7 Å². The zero-order valence-electron chi connectivity index (χ0n) is 9.34. The van der Waals surface area contributed by atoms with E-state index in [1.54, 1.807) is 0 Å². The number of fused-ring (bicyclic) bond motifs is 2. The number of hydrogen-bond acceptors (Lipinski definition) is 1. The minimum Gasteiger partial charge on any atom is -0.371 e. The van der Waals surface area contributed by atoms with Crippen molar-refractivity contribution >= 4 is 0 Å². The summed E-state index contributed by atoms with van der Waals surface area (Å²) >= 11 is 0. The maximum atomic E-state index is 6.20. The first-order chi connectivity index (χ1) is 6.05. The van der Waals surface area contributed by atoms with E-state index in [4.69, 9.17) is 4.74 Å². The molecule has 2 aliphatic heterocycles. The average molecular weight is 182 g/mol. The summed E-state index contributed by atoms with van der Waals surface area (Å²) in [6, 6.07) is 0. The van der Waals surface area contributed by atoms with Crippen molar-refractivity contribution in [3.05, 3.63) is 0 Å². The minimum absolute atomic E-state index is 0.263. The van der Waals surface area contributed by atoms with Crippen molar-refractivity contribution in [2.45, 2.75) is 58.7 Å². The van der Waals surface area contributed by atoms with E-state index in [0.29, 0.717) is 12.0 Å². The Balaban J connectivity index is 2.13. The molecule has 0 aromatic heterocycles. The van der Waals surface area contributed by atoms with E-state index in [9.17, 15) is 0 Å². The summed E-state index contributed by atoms with van der Waals surface area (Å²) in [7, 11) is 0. The van der Waals surface area contributed by atoms with Gasteiger partial charge in [-0.1, -0.05) is 27.7 Å². The number of rotatable bonds is 2. The summed E-state index contributed by atoms with van der Waals surface area (Å²) in [5.41, 5.74) is 0.263. The van der Waals surface area contributed by atoms with Gasteiger partial charge in [-0.15, -0.1) is 0 Å². The van der Waals surface area contributed by atoms with E-state index < -0.39 is 0 Å². The highest BCUT2D eigenvalue weighted by atomic mass is 16.5. The largest absolute Gasteiger partial charge is 0.371 e. The lowest BCUT2D eigenvalue weighted by molar-refractivity contribution is -0.0235. The molecule has 2 bridgehead atoms. The van der Waals surface area contributed by atoms with Gasteiger partial charge in [-0.2, -0.15) is 0 Å².